The molecule has 0 spiro atoms. The third-order valence-corrected chi connectivity index (χ3v) is 4.88. The molecular weight excluding hydrogens is 278 g/mol. The molecule has 2 rings (SSSR count). The van der Waals surface area contributed by atoms with Gasteiger partial charge >= 0.3 is 0 Å². The molecule has 0 saturated heterocycles. The normalized spacial score (nSPS) is 13.8. The van der Waals surface area contributed by atoms with Crippen LogP contribution >= 0.6 is 0 Å². The third-order valence-electron chi connectivity index (χ3n) is 3.44. The maximum absolute atomic E-state index is 12.5. The van der Waals surface area contributed by atoms with Crippen LogP contribution in [0.3, 0.4) is 0 Å². The SMILES string of the molecule is CCCNC(CS(=O)c1ccccc1)c1ccc(C)cc1. The molecule has 21 heavy (non-hydrogen) atoms. The zero-order valence-corrected chi connectivity index (χ0v) is 13.5. The maximum Gasteiger partial charge on any atom is 0.0548 e. The fourth-order valence-corrected chi connectivity index (χ4v) is 3.48. The first kappa shape index (κ1) is 15.9. The second-order valence-electron chi connectivity index (χ2n) is 5.24. The van der Waals surface area contributed by atoms with Gasteiger partial charge in [-0.1, -0.05) is 55.0 Å². The number of rotatable bonds is 7. The Kier molecular flexibility index (Phi) is 6.15. The average Bonchev–Trinajstić information content (AvgIpc) is 2.53. The summed E-state index contributed by atoms with van der Waals surface area (Å²) in [5.41, 5.74) is 2.45. The van der Waals surface area contributed by atoms with E-state index in [4.69, 9.17) is 0 Å². The van der Waals surface area contributed by atoms with Crippen LogP contribution in [-0.2, 0) is 10.8 Å². The molecule has 0 radical (unpaired) electrons. The van der Waals surface area contributed by atoms with Gasteiger partial charge in [-0.25, -0.2) is 0 Å². The summed E-state index contributed by atoms with van der Waals surface area (Å²) in [5, 5.41) is 3.51. The predicted molar refractivity (Wildman–Crippen MR) is 89.9 cm³/mol. The van der Waals surface area contributed by atoms with Gasteiger partial charge in [0, 0.05) is 16.7 Å². The Morgan fingerprint density at radius 3 is 2.33 bits per heavy atom. The molecule has 112 valence electrons. The molecule has 2 aromatic carbocycles. The summed E-state index contributed by atoms with van der Waals surface area (Å²) in [5.74, 6) is 0.604. The monoisotopic (exact) mass is 301 g/mol. The molecule has 1 N–H and O–H groups in total. The van der Waals surface area contributed by atoms with Crippen LogP contribution in [0.2, 0.25) is 0 Å². The zero-order valence-electron chi connectivity index (χ0n) is 12.7. The van der Waals surface area contributed by atoms with Gasteiger partial charge in [-0.3, -0.25) is 4.21 Å². The average molecular weight is 301 g/mol. The van der Waals surface area contributed by atoms with Gasteiger partial charge < -0.3 is 5.32 Å². The van der Waals surface area contributed by atoms with Crippen molar-refractivity contribution >= 4 is 10.8 Å². The van der Waals surface area contributed by atoms with Gasteiger partial charge in [-0.15, -0.1) is 0 Å². The minimum atomic E-state index is -0.985. The van der Waals surface area contributed by atoms with Crippen LogP contribution in [-0.4, -0.2) is 16.5 Å². The highest BCUT2D eigenvalue weighted by atomic mass is 32.2. The summed E-state index contributed by atoms with van der Waals surface area (Å²) in [7, 11) is -0.985. The van der Waals surface area contributed by atoms with Gasteiger partial charge in [0.2, 0.25) is 0 Å². The van der Waals surface area contributed by atoms with E-state index >= 15 is 0 Å². The molecule has 2 nitrogen and oxygen atoms in total. The summed E-state index contributed by atoms with van der Waals surface area (Å²) in [6, 6.07) is 18.3. The van der Waals surface area contributed by atoms with Crippen molar-refractivity contribution in [3.63, 3.8) is 0 Å². The van der Waals surface area contributed by atoms with E-state index in [1.807, 2.05) is 30.3 Å². The lowest BCUT2D eigenvalue weighted by Gasteiger charge is -2.19. The second kappa shape index (κ2) is 8.11. The summed E-state index contributed by atoms with van der Waals surface area (Å²) >= 11 is 0. The highest BCUT2D eigenvalue weighted by Crippen LogP contribution is 2.18. The summed E-state index contributed by atoms with van der Waals surface area (Å²) in [6.45, 7) is 5.16. The first-order chi connectivity index (χ1) is 10.2. The quantitative estimate of drug-likeness (QED) is 0.842. The summed E-state index contributed by atoms with van der Waals surface area (Å²) in [4.78, 5) is 0.896. The van der Waals surface area contributed by atoms with Crippen LogP contribution in [0.25, 0.3) is 0 Å². The van der Waals surface area contributed by atoms with Crippen LogP contribution < -0.4 is 5.32 Å². The Bertz CT molecular complexity index is 566. The molecule has 0 saturated carbocycles. The Morgan fingerprint density at radius 1 is 1.05 bits per heavy atom. The van der Waals surface area contributed by atoms with Crippen LogP contribution in [0.5, 0.6) is 0 Å². The fraction of sp³-hybridized carbons (Fsp3) is 0.333. The molecule has 0 bridgehead atoms. The lowest BCUT2D eigenvalue weighted by molar-refractivity contribution is 0.569. The third kappa shape index (κ3) is 4.80. The van der Waals surface area contributed by atoms with Crippen molar-refractivity contribution in [2.75, 3.05) is 12.3 Å². The second-order valence-corrected chi connectivity index (χ2v) is 6.74. The largest absolute Gasteiger partial charge is 0.309 e. The van der Waals surface area contributed by atoms with Gasteiger partial charge in [0.05, 0.1) is 10.8 Å². The first-order valence-electron chi connectivity index (χ1n) is 7.44. The number of benzene rings is 2. The minimum Gasteiger partial charge on any atom is -0.309 e. The topological polar surface area (TPSA) is 29.1 Å². The number of hydrogen-bond acceptors (Lipinski definition) is 2. The number of nitrogens with one attached hydrogen (secondary N) is 1. The van der Waals surface area contributed by atoms with E-state index in [0.717, 1.165) is 17.9 Å². The molecule has 0 aromatic heterocycles. The van der Waals surface area contributed by atoms with Crippen LogP contribution in [0, 0.1) is 6.92 Å². The van der Waals surface area contributed by atoms with Gasteiger partial charge in [0.1, 0.15) is 0 Å². The van der Waals surface area contributed by atoms with Gasteiger partial charge in [0.15, 0.2) is 0 Å². The van der Waals surface area contributed by atoms with Crippen molar-refractivity contribution in [1.29, 1.82) is 0 Å². The van der Waals surface area contributed by atoms with E-state index in [9.17, 15) is 4.21 Å². The Hall–Kier alpha value is -1.45. The van der Waals surface area contributed by atoms with Gasteiger partial charge in [-0.05, 0) is 37.6 Å². The lowest BCUT2D eigenvalue weighted by Crippen LogP contribution is -2.27. The van der Waals surface area contributed by atoms with Gasteiger partial charge in [-0.2, -0.15) is 0 Å². The molecule has 0 fully saturated rings. The first-order valence-corrected chi connectivity index (χ1v) is 8.76. The van der Waals surface area contributed by atoms with Crippen molar-refractivity contribution in [3.05, 3.63) is 65.7 Å². The molecule has 0 aliphatic carbocycles. The molecule has 3 heteroatoms. The van der Waals surface area contributed by atoms with E-state index in [1.54, 1.807) is 0 Å². The highest BCUT2D eigenvalue weighted by Gasteiger charge is 2.15. The number of aryl methyl sites for hydroxylation is 1. The zero-order chi connectivity index (χ0) is 15.1. The Balaban J connectivity index is 2.12. The van der Waals surface area contributed by atoms with Crippen molar-refractivity contribution in [3.8, 4) is 0 Å². The van der Waals surface area contributed by atoms with Crippen LogP contribution in [0.1, 0.15) is 30.5 Å². The molecule has 0 aliphatic heterocycles. The highest BCUT2D eigenvalue weighted by molar-refractivity contribution is 7.85. The van der Waals surface area contributed by atoms with Crippen molar-refractivity contribution < 1.29 is 4.21 Å². The molecule has 0 aliphatic rings. The van der Waals surface area contributed by atoms with Crippen LogP contribution in [0.15, 0.2) is 59.5 Å². The van der Waals surface area contributed by atoms with Crippen LogP contribution in [0.4, 0.5) is 0 Å². The van der Waals surface area contributed by atoms with Gasteiger partial charge in [0.25, 0.3) is 0 Å². The van der Waals surface area contributed by atoms with E-state index in [2.05, 4.69) is 43.4 Å². The molecule has 0 heterocycles. The molecule has 2 unspecified atom stereocenters. The summed E-state index contributed by atoms with van der Waals surface area (Å²) in [6.07, 6.45) is 1.07. The van der Waals surface area contributed by atoms with E-state index < -0.39 is 10.8 Å². The Labute approximate surface area is 130 Å². The van der Waals surface area contributed by atoms with E-state index in [-0.39, 0.29) is 6.04 Å². The predicted octanol–water partition coefficient (Wildman–Crippen LogP) is 3.84. The Morgan fingerprint density at radius 2 is 1.71 bits per heavy atom. The van der Waals surface area contributed by atoms with Crippen molar-refractivity contribution in [1.82, 2.24) is 5.32 Å². The van der Waals surface area contributed by atoms with Crippen molar-refractivity contribution in [2.24, 2.45) is 0 Å². The van der Waals surface area contributed by atoms with E-state index in [1.165, 1.54) is 11.1 Å². The molecule has 2 aromatic rings. The van der Waals surface area contributed by atoms with Crippen molar-refractivity contribution in [2.45, 2.75) is 31.2 Å². The van der Waals surface area contributed by atoms with E-state index in [0.29, 0.717) is 5.75 Å². The molecular formula is C18H23NOS. The minimum absolute atomic E-state index is 0.131. The number of hydrogen-bond donors (Lipinski definition) is 1. The fourth-order valence-electron chi connectivity index (χ4n) is 2.21. The smallest absolute Gasteiger partial charge is 0.0548 e. The lowest BCUT2D eigenvalue weighted by atomic mass is 10.1. The molecule has 0 amide bonds. The maximum atomic E-state index is 12.5. The summed E-state index contributed by atoms with van der Waals surface area (Å²) < 4.78 is 12.5. The standard InChI is InChI=1S/C18H23NOS/c1-3-13-19-18(16-11-9-15(2)10-12-16)14-21(20)17-7-5-4-6-8-17/h4-12,18-19H,3,13-14H2,1-2H3. The molecule has 2 atom stereocenters.